The van der Waals surface area contributed by atoms with E-state index >= 15 is 0 Å². The normalized spacial score (nSPS) is 23.0. The number of ether oxygens (including phenoxy) is 1. The molecule has 2 aliphatic rings. The third-order valence-electron chi connectivity index (χ3n) is 6.74. The van der Waals surface area contributed by atoms with Crippen LogP contribution in [0.15, 0.2) is 30.3 Å². The van der Waals surface area contributed by atoms with Crippen LogP contribution in [0.5, 0.6) is 5.75 Å². The molecule has 1 saturated heterocycles. The van der Waals surface area contributed by atoms with E-state index in [9.17, 15) is 9.59 Å². The minimum absolute atomic E-state index is 0.0355. The van der Waals surface area contributed by atoms with Crippen LogP contribution >= 0.6 is 11.6 Å². The smallest absolute Gasteiger partial charge is 0.272 e. The zero-order chi connectivity index (χ0) is 24.0. The number of carbonyl (C=O) groups excluding carboxylic acids is 2. The third-order valence-corrected chi connectivity index (χ3v) is 7.05. The predicted molar refractivity (Wildman–Crippen MR) is 123 cm³/mol. The molecule has 0 unspecified atom stereocenters. The third kappa shape index (κ3) is 4.02. The molecule has 2 aromatic rings. The van der Waals surface area contributed by atoms with Gasteiger partial charge in [0.2, 0.25) is 0 Å². The summed E-state index contributed by atoms with van der Waals surface area (Å²) in [5, 5.41) is 20.7. The topological polar surface area (TPSA) is 108 Å². The fourth-order valence-electron chi connectivity index (χ4n) is 5.20. The maximum atomic E-state index is 12.9. The van der Waals surface area contributed by atoms with E-state index in [1.807, 2.05) is 38.7 Å². The Hall–Kier alpha value is -3.18. The van der Waals surface area contributed by atoms with E-state index in [1.165, 1.54) is 0 Å². The summed E-state index contributed by atoms with van der Waals surface area (Å²) in [6.45, 7) is 9.42. The lowest BCUT2D eigenvalue weighted by Gasteiger charge is -2.63. The van der Waals surface area contributed by atoms with Gasteiger partial charge < -0.3 is 19.7 Å². The average molecular weight is 468 g/mol. The molecule has 0 bridgehead atoms. The van der Waals surface area contributed by atoms with E-state index in [0.29, 0.717) is 35.2 Å². The molecule has 33 heavy (non-hydrogen) atoms. The van der Waals surface area contributed by atoms with E-state index in [1.54, 1.807) is 30.3 Å². The second kappa shape index (κ2) is 8.31. The minimum atomic E-state index is -0.367. The molecule has 2 heterocycles. The maximum Gasteiger partial charge on any atom is 0.272 e. The quantitative estimate of drug-likeness (QED) is 0.649. The molecule has 8 nitrogen and oxygen atoms in total. The number of aromatic nitrogens is 2. The number of anilines is 1. The zero-order valence-corrected chi connectivity index (χ0v) is 19.8. The molecule has 1 aliphatic carbocycles. The Labute approximate surface area is 197 Å². The molecule has 0 atom stereocenters. The molecule has 1 saturated carbocycles. The molecule has 172 valence electrons. The second-order valence-corrected chi connectivity index (χ2v) is 10.3. The van der Waals surface area contributed by atoms with Crippen LogP contribution < -0.4 is 15.0 Å². The molecule has 1 aliphatic heterocycles. The summed E-state index contributed by atoms with van der Waals surface area (Å²) in [4.78, 5) is 25.6. The van der Waals surface area contributed by atoms with Gasteiger partial charge in [-0.2, -0.15) is 5.26 Å². The Kier molecular flexibility index (Phi) is 5.79. The van der Waals surface area contributed by atoms with Gasteiger partial charge in [0.1, 0.15) is 24.2 Å². The largest absolute Gasteiger partial charge is 0.489 e. The summed E-state index contributed by atoms with van der Waals surface area (Å²) in [6, 6.07) is 10.3. The van der Waals surface area contributed by atoms with Gasteiger partial charge >= 0.3 is 0 Å². The first-order valence-corrected chi connectivity index (χ1v) is 11.2. The summed E-state index contributed by atoms with van der Waals surface area (Å²) in [5.41, 5.74) is -0.102. The van der Waals surface area contributed by atoms with Crippen molar-refractivity contribution >= 4 is 29.6 Å². The number of aldehydes is 1. The first-order chi connectivity index (χ1) is 15.6. The van der Waals surface area contributed by atoms with E-state index < -0.39 is 0 Å². The zero-order valence-electron chi connectivity index (χ0n) is 19.0. The highest BCUT2D eigenvalue weighted by molar-refractivity contribution is 6.31. The van der Waals surface area contributed by atoms with Gasteiger partial charge in [-0.15, -0.1) is 10.2 Å². The van der Waals surface area contributed by atoms with Crippen molar-refractivity contribution in [1.82, 2.24) is 15.5 Å². The Morgan fingerprint density at radius 1 is 1.21 bits per heavy atom. The molecule has 1 aromatic heterocycles. The number of rotatable bonds is 6. The van der Waals surface area contributed by atoms with Gasteiger partial charge in [-0.05, 0) is 24.3 Å². The van der Waals surface area contributed by atoms with Crippen molar-refractivity contribution in [3.63, 3.8) is 0 Å². The van der Waals surface area contributed by atoms with Crippen LogP contribution in [-0.4, -0.2) is 47.6 Å². The van der Waals surface area contributed by atoms with Crippen molar-refractivity contribution < 1.29 is 14.3 Å². The van der Waals surface area contributed by atoms with Crippen LogP contribution in [0.1, 0.15) is 43.7 Å². The first kappa shape index (κ1) is 23.0. The number of nitrogens with one attached hydrogen (secondary N) is 1. The Bertz CT molecular complexity index is 1100. The number of nitrogens with zero attached hydrogens (tertiary/aromatic N) is 4. The van der Waals surface area contributed by atoms with Crippen LogP contribution in [0.25, 0.3) is 0 Å². The van der Waals surface area contributed by atoms with Gasteiger partial charge in [-0.25, -0.2) is 0 Å². The van der Waals surface area contributed by atoms with Crippen molar-refractivity contribution in [2.24, 2.45) is 16.7 Å². The number of benzene rings is 1. The minimum Gasteiger partial charge on any atom is -0.489 e. The molecule has 9 heteroatoms. The van der Waals surface area contributed by atoms with Crippen molar-refractivity contribution in [3.05, 3.63) is 46.6 Å². The van der Waals surface area contributed by atoms with Crippen LogP contribution in [0.4, 0.5) is 5.82 Å². The van der Waals surface area contributed by atoms with Crippen molar-refractivity contribution in [3.8, 4) is 11.8 Å². The average Bonchev–Trinajstić information content (AvgIpc) is 2.75. The number of carbonyl (C=O) groups is 2. The molecule has 4 rings (SSSR count). The molecular formula is C24H26ClN5O3. The lowest BCUT2D eigenvalue weighted by Crippen LogP contribution is -2.74. The Morgan fingerprint density at radius 2 is 1.91 bits per heavy atom. The second-order valence-electron chi connectivity index (χ2n) is 9.88. The summed E-state index contributed by atoms with van der Waals surface area (Å²) in [6.07, 6.45) is 0.755. The number of hydrogen-bond acceptors (Lipinski definition) is 7. The molecule has 1 N–H and O–H groups in total. The summed E-state index contributed by atoms with van der Waals surface area (Å²) >= 11 is 6.15. The summed E-state index contributed by atoms with van der Waals surface area (Å²) in [5.74, 6) is 0.977. The van der Waals surface area contributed by atoms with Crippen LogP contribution in [0.3, 0.4) is 0 Å². The fourth-order valence-corrected chi connectivity index (χ4v) is 5.41. The highest BCUT2D eigenvalue weighted by Crippen LogP contribution is 2.55. The standard InChI is InChI=1S/C24H26ClN5O3/c1-23(2)21(24(3,4)22(23)33-16-6-5-15(10-26)17(25)9-16)27-20(32)18-7-8-19(29-28-18)30-11-14(12-30)13-31/h5-9,13-14,21-22H,11-12H2,1-4H3,(H,27,32). The SMILES string of the molecule is CC1(C)C(NC(=O)c2ccc(N3CC(C=O)C3)nn2)C(C)(C)C1Oc1ccc(C#N)c(Cl)c1. The predicted octanol–water partition coefficient (Wildman–Crippen LogP) is 3.25. The van der Waals surface area contributed by atoms with Crippen molar-refractivity contribution in [1.29, 1.82) is 5.26 Å². The van der Waals surface area contributed by atoms with E-state index in [2.05, 4.69) is 15.5 Å². The molecule has 0 spiro atoms. The molecule has 0 radical (unpaired) electrons. The van der Waals surface area contributed by atoms with E-state index in [-0.39, 0.29) is 40.5 Å². The van der Waals surface area contributed by atoms with Crippen molar-refractivity contribution in [2.45, 2.75) is 39.8 Å². The van der Waals surface area contributed by atoms with Gasteiger partial charge in [-0.3, -0.25) is 4.79 Å². The number of amides is 1. The van der Waals surface area contributed by atoms with Gasteiger partial charge in [0.25, 0.3) is 5.91 Å². The van der Waals surface area contributed by atoms with E-state index in [4.69, 9.17) is 21.6 Å². The number of halogens is 1. The van der Waals surface area contributed by atoms with Crippen molar-refractivity contribution in [2.75, 3.05) is 18.0 Å². The fraction of sp³-hybridized carbons (Fsp3) is 0.458. The molecule has 1 aromatic carbocycles. The monoisotopic (exact) mass is 467 g/mol. The van der Waals surface area contributed by atoms with Gasteiger partial charge in [0.15, 0.2) is 11.5 Å². The summed E-state index contributed by atoms with van der Waals surface area (Å²) < 4.78 is 6.25. The number of hydrogen-bond donors (Lipinski definition) is 1. The van der Waals surface area contributed by atoms with E-state index in [0.717, 1.165) is 6.29 Å². The molecule has 2 fully saturated rings. The van der Waals surface area contributed by atoms with Crippen LogP contribution in [0, 0.1) is 28.1 Å². The Morgan fingerprint density at radius 3 is 2.45 bits per heavy atom. The Balaban J connectivity index is 1.42. The lowest BCUT2D eigenvalue weighted by molar-refractivity contribution is -0.164. The highest BCUT2D eigenvalue weighted by atomic mass is 35.5. The summed E-state index contributed by atoms with van der Waals surface area (Å²) in [7, 11) is 0. The maximum absolute atomic E-state index is 12.9. The first-order valence-electron chi connectivity index (χ1n) is 10.8. The lowest BCUT2D eigenvalue weighted by atomic mass is 9.49. The highest BCUT2D eigenvalue weighted by Gasteiger charge is 2.64. The van der Waals surface area contributed by atoms with Crippen LogP contribution in [-0.2, 0) is 4.79 Å². The molecule has 1 amide bonds. The van der Waals surface area contributed by atoms with Gasteiger partial charge in [-0.1, -0.05) is 39.3 Å². The number of nitriles is 1. The molecular weight excluding hydrogens is 442 g/mol. The van der Waals surface area contributed by atoms with Crippen LogP contribution in [0.2, 0.25) is 5.02 Å². The van der Waals surface area contributed by atoms with Gasteiger partial charge in [0, 0.05) is 41.9 Å². The van der Waals surface area contributed by atoms with Gasteiger partial charge in [0.05, 0.1) is 10.6 Å².